The zero-order chi connectivity index (χ0) is 24.2. The Kier molecular flexibility index (Phi) is 6.19. The van der Waals surface area contributed by atoms with E-state index in [-0.39, 0.29) is 11.6 Å². The van der Waals surface area contributed by atoms with E-state index in [4.69, 9.17) is 0 Å². The lowest BCUT2D eigenvalue weighted by Crippen LogP contribution is -2.08. The van der Waals surface area contributed by atoms with Gasteiger partial charge in [-0.3, -0.25) is 9.59 Å². The Labute approximate surface area is 205 Å². The molecule has 0 amide bonds. The molecule has 35 heavy (non-hydrogen) atoms. The van der Waals surface area contributed by atoms with E-state index in [0.717, 1.165) is 27.8 Å². The van der Waals surface area contributed by atoms with Gasteiger partial charge in [0, 0.05) is 22.3 Å². The third-order valence-electron chi connectivity index (χ3n) is 6.15. The van der Waals surface area contributed by atoms with Crippen LogP contribution in [0, 0.1) is 6.92 Å². The molecule has 5 rings (SSSR count). The van der Waals surface area contributed by atoms with Crippen LogP contribution in [-0.4, -0.2) is 11.6 Å². The number of benzene rings is 5. The summed E-state index contributed by atoms with van der Waals surface area (Å²) in [5.74, 6) is -0.136. The molecule has 0 heterocycles. The molecule has 0 radical (unpaired) electrons. The molecule has 2 heteroatoms. The van der Waals surface area contributed by atoms with Crippen LogP contribution >= 0.6 is 0 Å². The average Bonchev–Trinajstić information content (AvgIpc) is 2.93. The van der Waals surface area contributed by atoms with Crippen LogP contribution in [0.1, 0.15) is 37.4 Å². The van der Waals surface area contributed by atoms with Crippen molar-refractivity contribution in [2.24, 2.45) is 0 Å². The molecule has 0 unspecified atom stereocenters. The first-order valence-electron chi connectivity index (χ1n) is 11.6. The van der Waals surface area contributed by atoms with Crippen LogP contribution in [0.25, 0.3) is 22.3 Å². The topological polar surface area (TPSA) is 34.1 Å². The normalized spacial score (nSPS) is 10.7. The largest absolute Gasteiger partial charge is 0.289 e. The van der Waals surface area contributed by atoms with E-state index in [1.165, 1.54) is 0 Å². The van der Waals surface area contributed by atoms with Gasteiger partial charge in [-0.2, -0.15) is 0 Å². The Hall–Kier alpha value is -4.56. The molecule has 0 atom stereocenters. The van der Waals surface area contributed by atoms with Crippen molar-refractivity contribution in [2.45, 2.75) is 6.92 Å². The molecule has 2 nitrogen and oxygen atoms in total. The molecule has 168 valence electrons. The summed E-state index contributed by atoms with van der Waals surface area (Å²) >= 11 is 0. The molecule has 0 aliphatic carbocycles. The van der Waals surface area contributed by atoms with E-state index >= 15 is 0 Å². The summed E-state index contributed by atoms with van der Waals surface area (Å²) in [5.41, 5.74) is 7.02. The number of carbonyl (C=O) groups excluding carboxylic acids is 2. The average molecular weight is 453 g/mol. The fourth-order valence-corrected chi connectivity index (χ4v) is 4.35. The van der Waals surface area contributed by atoms with E-state index in [2.05, 4.69) is 6.07 Å². The lowest BCUT2D eigenvalue weighted by atomic mass is 9.87. The molecule has 0 spiro atoms. The lowest BCUT2D eigenvalue weighted by molar-refractivity contribution is 0.102. The van der Waals surface area contributed by atoms with Crippen molar-refractivity contribution < 1.29 is 9.59 Å². The van der Waals surface area contributed by atoms with E-state index in [1.54, 1.807) is 12.1 Å². The first-order chi connectivity index (χ1) is 17.1. The lowest BCUT2D eigenvalue weighted by Gasteiger charge is -2.15. The van der Waals surface area contributed by atoms with Gasteiger partial charge in [-0.15, -0.1) is 0 Å². The molecule has 0 aliphatic heterocycles. The van der Waals surface area contributed by atoms with Crippen molar-refractivity contribution in [2.75, 3.05) is 0 Å². The summed E-state index contributed by atoms with van der Waals surface area (Å²) in [6.07, 6.45) is 0. The highest BCUT2D eigenvalue weighted by molar-refractivity contribution is 6.17. The molecule has 0 saturated heterocycles. The maximum absolute atomic E-state index is 14.0. The molecule has 0 aliphatic rings. The maximum atomic E-state index is 14.0. The van der Waals surface area contributed by atoms with Crippen LogP contribution < -0.4 is 0 Å². The molecule has 5 aromatic rings. The van der Waals surface area contributed by atoms with Crippen molar-refractivity contribution >= 4 is 11.6 Å². The Morgan fingerprint density at radius 3 is 1.51 bits per heavy atom. The smallest absolute Gasteiger partial charge is 0.194 e. The van der Waals surface area contributed by atoms with Crippen molar-refractivity contribution in [3.05, 3.63) is 155 Å². The van der Waals surface area contributed by atoms with Crippen LogP contribution in [0.2, 0.25) is 0 Å². The van der Waals surface area contributed by atoms with Crippen molar-refractivity contribution in [3.8, 4) is 22.3 Å². The predicted octanol–water partition coefficient (Wildman–Crippen LogP) is 7.79. The highest BCUT2D eigenvalue weighted by Crippen LogP contribution is 2.32. The molecule has 0 N–H and O–H groups in total. The summed E-state index contributed by atoms with van der Waals surface area (Å²) in [5, 5.41) is 0. The van der Waals surface area contributed by atoms with Crippen LogP contribution in [0.5, 0.6) is 0 Å². The molecule has 0 fully saturated rings. The van der Waals surface area contributed by atoms with Gasteiger partial charge in [-0.05, 0) is 41.3 Å². The summed E-state index contributed by atoms with van der Waals surface area (Å²) in [6.45, 7) is 2.03. The number of hydrogen-bond acceptors (Lipinski definition) is 2. The fourth-order valence-electron chi connectivity index (χ4n) is 4.35. The molecule has 0 aromatic heterocycles. The third kappa shape index (κ3) is 4.60. The van der Waals surface area contributed by atoms with Gasteiger partial charge < -0.3 is 0 Å². The zero-order valence-electron chi connectivity index (χ0n) is 19.4. The fraction of sp³-hybridized carbons (Fsp3) is 0.0303. The highest BCUT2D eigenvalue weighted by atomic mass is 16.1. The Balaban J connectivity index is 1.65. The van der Waals surface area contributed by atoms with Crippen molar-refractivity contribution in [1.29, 1.82) is 0 Å². The van der Waals surface area contributed by atoms with Gasteiger partial charge >= 0.3 is 0 Å². The highest BCUT2D eigenvalue weighted by Gasteiger charge is 2.21. The molecular formula is C33H24O2. The minimum absolute atomic E-state index is 0.0675. The number of ketones is 2. The van der Waals surface area contributed by atoms with E-state index in [9.17, 15) is 9.59 Å². The minimum atomic E-state index is -0.0681. The van der Waals surface area contributed by atoms with Crippen LogP contribution in [0.3, 0.4) is 0 Å². The SMILES string of the molecule is Cc1ccc(C(=O)c2ccc(C(=O)c3ccccc3)cc2-c2ccccc2)c(-c2ccccc2)c1. The van der Waals surface area contributed by atoms with Crippen LogP contribution in [0.15, 0.2) is 127 Å². The first-order valence-corrected chi connectivity index (χ1v) is 11.6. The van der Waals surface area contributed by atoms with E-state index < -0.39 is 0 Å². The standard InChI is InChI=1S/C33H24O2/c1-23-17-19-28(30(21-23)24-11-5-2-6-12-24)33(35)29-20-18-27(32(34)26-15-9-4-10-16-26)22-31(29)25-13-7-3-8-14-25/h2-22H,1H3. The maximum Gasteiger partial charge on any atom is 0.194 e. The second-order valence-corrected chi connectivity index (χ2v) is 8.57. The monoisotopic (exact) mass is 452 g/mol. The summed E-state index contributed by atoms with van der Waals surface area (Å²) < 4.78 is 0. The van der Waals surface area contributed by atoms with Gasteiger partial charge in [0.05, 0.1) is 0 Å². The van der Waals surface area contributed by atoms with Crippen molar-refractivity contribution in [3.63, 3.8) is 0 Å². The number of hydrogen-bond donors (Lipinski definition) is 0. The van der Waals surface area contributed by atoms with Gasteiger partial charge in [-0.1, -0.05) is 121 Å². The minimum Gasteiger partial charge on any atom is -0.289 e. The van der Waals surface area contributed by atoms with Gasteiger partial charge in [0.1, 0.15) is 0 Å². The molecular weight excluding hydrogens is 428 g/mol. The number of carbonyl (C=O) groups is 2. The van der Waals surface area contributed by atoms with Crippen LogP contribution in [-0.2, 0) is 0 Å². The second-order valence-electron chi connectivity index (χ2n) is 8.57. The van der Waals surface area contributed by atoms with Crippen molar-refractivity contribution in [1.82, 2.24) is 0 Å². The quantitative estimate of drug-likeness (QED) is 0.246. The Morgan fingerprint density at radius 1 is 0.457 bits per heavy atom. The summed E-state index contributed by atoms with van der Waals surface area (Å²) in [4.78, 5) is 27.2. The Morgan fingerprint density at radius 2 is 0.943 bits per heavy atom. The number of aryl methyl sites for hydroxylation is 1. The second kappa shape index (κ2) is 9.74. The third-order valence-corrected chi connectivity index (χ3v) is 6.15. The van der Waals surface area contributed by atoms with E-state index in [1.807, 2.05) is 116 Å². The summed E-state index contributed by atoms with van der Waals surface area (Å²) in [6, 6.07) is 40.2. The predicted molar refractivity (Wildman–Crippen MR) is 142 cm³/mol. The van der Waals surface area contributed by atoms with Gasteiger partial charge in [0.15, 0.2) is 11.6 Å². The number of rotatable bonds is 6. The van der Waals surface area contributed by atoms with E-state index in [0.29, 0.717) is 22.3 Å². The molecule has 5 aromatic carbocycles. The first kappa shape index (κ1) is 22.2. The molecule has 0 bridgehead atoms. The summed E-state index contributed by atoms with van der Waals surface area (Å²) in [7, 11) is 0. The van der Waals surface area contributed by atoms with Crippen LogP contribution in [0.4, 0.5) is 0 Å². The van der Waals surface area contributed by atoms with Gasteiger partial charge in [0.25, 0.3) is 0 Å². The zero-order valence-corrected chi connectivity index (χ0v) is 19.4. The van der Waals surface area contributed by atoms with Gasteiger partial charge in [-0.25, -0.2) is 0 Å². The molecule has 0 saturated carbocycles. The Bertz CT molecular complexity index is 1500. The van der Waals surface area contributed by atoms with Gasteiger partial charge in [0.2, 0.25) is 0 Å².